The Kier molecular flexibility index (Phi) is 12.4. The van der Waals surface area contributed by atoms with E-state index in [0.29, 0.717) is 45.5 Å². The van der Waals surface area contributed by atoms with Crippen molar-refractivity contribution < 1.29 is 28.7 Å². The number of aromatic nitrogens is 3. The molecular weight excluding hydrogens is 863 g/mol. The molecule has 3 N–H and O–H groups in total. The highest BCUT2D eigenvalue weighted by Gasteiger charge is 2.41. The molecule has 0 radical (unpaired) electrons. The number of anilines is 4. The molecule has 1 saturated carbocycles. The number of ether oxygens (including phenoxy) is 2. The first-order valence-corrected chi connectivity index (χ1v) is 22.8. The van der Waals surface area contributed by atoms with Crippen molar-refractivity contribution in [2.75, 3.05) is 68.0 Å². The summed E-state index contributed by atoms with van der Waals surface area (Å²) in [7, 11) is 1.51. The van der Waals surface area contributed by atoms with Gasteiger partial charge < -0.3 is 39.4 Å². The molecule has 9 rings (SSSR count). The average molecular weight is 916 g/mol. The topological polar surface area (TPSA) is 184 Å². The zero-order valence-electron chi connectivity index (χ0n) is 36.1. The molecule has 2 aromatic heterocycles. The summed E-state index contributed by atoms with van der Waals surface area (Å²) in [6.07, 6.45) is 6.24. The number of hydrogen-bond acceptors (Lipinski definition) is 13. The van der Waals surface area contributed by atoms with E-state index in [9.17, 15) is 24.0 Å². The third-order valence-electron chi connectivity index (χ3n) is 13.1. The number of nitrogens with zero attached hydrogens (tertiary/aromatic N) is 7. The molecule has 5 aliphatic rings. The number of carbonyl (C=O) groups is 4. The molecule has 4 aliphatic heterocycles. The van der Waals surface area contributed by atoms with Crippen LogP contribution in [-0.4, -0.2) is 125 Å². The van der Waals surface area contributed by atoms with Gasteiger partial charge in [-0.25, -0.2) is 4.98 Å². The Morgan fingerprint density at radius 2 is 1.70 bits per heavy atom. The minimum absolute atomic E-state index is 0.0903. The Bertz CT molecular complexity index is 2550. The number of carbonyl (C=O) groups excluding carboxylic acids is 4. The van der Waals surface area contributed by atoms with E-state index in [1.165, 1.54) is 11.9 Å². The fourth-order valence-corrected chi connectivity index (χ4v) is 10.0. The number of rotatable bonds is 12. The Morgan fingerprint density at radius 1 is 0.938 bits per heavy atom. The second kappa shape index (κ2) is 18.2. The van der Waals surface area contributed by atoms with Gasteiger partial charge in [-0.2, -0.15) is 4.98 Å². The van der Waals surface area contributed by atoms with Gasteiger partial charge in [0.25, 0.3) is 17.4 Å². The maximum Gasteiger partial charge on any atom is 0.293 e. The molecule has 4 fully saturated rings. The Hall–Kier alpha value is -5.49. The highest BCUT2D eigenvalue weighted by molar-refractivity contribution is 6.35. The first-order valence-electron chi connectivity index (χ1n) is 22.0. The molecule has 0 bridgehead atoms. The maximum absolute atomic E-state index is 13.3. The van der Waals surface area contributed by atoms with E-state index in [2.05, 4.69) is 35.6 Å². The average Bonchev–Trinajstić information content (AvgIpc) is 3.61. The molecule has 3 saturated heterocycles. The van der Waals surface area contributed by atoms with Crippen LogP contribution in [0.15, 0.2) is 47.4 Å². The summed E-state index contributed by atoms with van der Waals surface area (Å²) in [6.45, 7) is 8.77. The van der Waals surface area contributed by atoms with Crippen molar-refractivity contribution >= 4 is 80.9 Å². The highest BCUT2D eigenvalue weighted by atomic mass is 35.5. The third-order valence-corrected chi connectivity index (χ3v) is 13.8. The normalized spacial score (nSPS) is 21.9. The van der Waals surface area contributed by atoms with Crippen LogP contribution >= 0.6 is 23.2 Å². The summed E-state index contributed by atoms with van der Waals surface area (Å²) >= 11 is 13.6. The summed E-state index contributed by atoms with van der Waals surface area (Å²) in [4.78, 5) is 80.4. The van der Waals surface area contributed by atoms with Gasteiger partial charge in [0.05, 0.1) is 34.6 Å². The number of piperazine rings is 1. The summed E-state index contributed by atoms with van der Waals surface area (Å²) in [5.41, 5.74) is 3.30. The summed E-state index contributed by atoms with van der Waals surface area (Å²) in [5, 5.41) is 9.87. The van der Waals surface area contributed by atoms with Crippen LogP contribution < -0.4 is 36.0 Å². The standard InChI is InChI=1S/C45H52Cl2N10O7/c1-25(2)57-34-6-4-27(18-26(34)19-37(44(57)62)63-24-39(59)48-3)50-41-33(46)22-49-45(52-41)55-12-10-29(11-13-55)64-30-20-28(21-30)53-14-16-54(17-15-53)35-7-5-31-32(40(35)47)23-56(43(31)61)36-8-9-38(58)51-42(36)60/h4-7,18-19,22,25,28-30,36H,8-17,20-21,23-24H2,1-3H3,(H,48,59)(H,49,50,52)(H,51,58,60)/t28?,30?,36-/m1/s1. The molecule has 19 heteroatoms. The van der Waals surface area contributed by atoms with Crippen molar-refractivity contribution in [3.63, 3.8) is 0 Å². The number of likely N-dealkylation sites (N-methyl/N-ethyl adjacent to an activating group) is 1. The molecular formula is C45H52Cl2N10O7. The van der Waals surface area contributed by atoms with Crippen molar-refractivity contribution in [1.29, 1.82) is 0 Å². The highest BCUT2D eigenvalue weighted by Crippen LogP contribution is 2.40. The summed E-state index contributed by atoms with van der Waals surface area (Å²) in [6, 6.07) is 10.7. The van der Waals surface area contributed by atoms with Crippen LogP contribution in [0.3, 0.4) is 0 Å². The van der Waals surface area contributed by atoms with E-state index in [4.69, 9.17) is 37.7 Å². The van der Waals surface area contributed by atoms with Gasteiger partial charge in [-0.1, -0.05) is 23.2 Å². The number of fused-ring (bicyclic) bond motifs is 2. The van der Waals surface area contributed by atoms with E-state index in [0.717, 1.165) is 87.1 Å². The number of imide groups is 1. The van der Waals surface area contributed by atoms with Crippen molar-refractivity contribution in [2.24, 2.45) is 0 Å². The zero-order valence-corrected chi connectivity index (χ0v) is 37.6. The minimum atomic E-state index is -0.675. The summed E-state index contributed by atoms with van der Waals surface area (Å²) in [5.74, 6) is -0.167. The van der Waals surface area contributed by atoms with Gasteiger partial charge in [-0.05, 0) is 82.3 Å². The number of halogens is 2. The fraction of sp³-hybridized carbons (Fsp3) is 0.489. The first-order chi connectivity index (χ1) is 30.8. The summed E-state index contributed by atoms with van der Waals surface area (Å²) < 4.78 is 13.9. The van der Waals surface area contributed by atoms with Crippen LogP contribution in [0.1, 0.15) is 74.3 Å². The van der Waals surface area contributed by atoms with E-state index in [-0.39, 0.29) is 66.9 Å². The predicted molar refractivity (Wildman–Crippen MR) is 243 cm³/mol. The molecule has 64 heavy (non-hydrogen) atoms. The smallest absolute Gasteiger partial charge is 0.293 e. The molecule has 1 aliphatic carbocycles. The number of amides is 4. The quantitative estimate of drug-likeness (QED) is 0.167. The van der Waals surface area contributed by atoms with Gasteiger partial charge in [0.1, 0.15) is 11.1 Å². The Labute approximate surface area is 380 Å². The SMILES string of the molecule is CNC(=O)COc1cc2cc(Nc3nc(N4CCC(OC5CC(N6CCN(c7ccc8c(c7Cl)CN([C@@H]7CCC(=O)NC7=O)C8=O)CC6)C5)CC4)ncc3Cl)ccc2n(C(C)C)c1=O. The van der Waals surface area contributed by atoms with Gasteiger partial charge >= 0.3 is 0 Å². The molecule has 1 atom stereocenters. The van der Waals surface area contributed by atoms with Crippen molar-refractivity contribution in [3.05, 3.63) is 74.1 Å². The van der Waals surface area contributed by atoms with Crippen molar-refractivity contribution in [3.8, 4) is 5.75 Å². The van der Waals surface area contributed by atoms with Crippen molar-refractivity contribution in [2.45, 2.75) is 89.3 Å². The second-order valence-corrected chi connectivity index (χ2v) is 18.2. The number of piperidine rings is 2. The van der Waals surface area contributed by atoms with Crippen LogP contribution in [0.4, 0.5) is 23.1 Å². The van der Waals surface area contributed by atoms with E-state index >= 15 is 0 Å². The second-order valence-electron chi connectivity index (χ2n) is 17.4. The van der Waals surface area contributed by atoms with E-state index in [1.807, 2.05) is 44.2 Å². The molecule has 0 unspecified atom stereocenters. The lowest BCUT2D eigenvalue weighted by Gasteiger charge is -2.47. The zero-order chi connectivity index (χ0) is 44.8. The third kappa shape index (κ3) is 8.70. The lowest BCUT2D eigenvalue weighted by atomic mass is 9.87. The number of hydrogen-bond donors (Lipinski definition) is 3. The molecule has 338 valence electrons. The van der Waals surface area contributed by atoms with Crippen LogP contribution in [0.5, 0.6) is 5.75 Å². The fourth-order valence-electron chi connectivity index (χ4n) is 9.54. The molecule has 17 nitrogen and oxygen atoms in total. The molecule has 4 amide bonds. The number of pyridine rings is 1. The monoisotopic (exact) mass is 914 g/mol. The molecule has 0 spiro atoms. The minimum Gasteiger partial charge on any atom is -0.478 e. The van der Waals surface area contributed by atoms with Crippen LogP contribution in [0.2, 0.25) is 10.0 Å². The number of benzene rings is 2. The van der Waals surface area contributed by atoms with E-state index < -0.39 is 11.9 Å². The Morgan fingerprint density at radius 3 is 2.42 bits per heavy atom. The number of nitrogens with one attached hydrogen (secondary N) is 3. The van der Waals surface area contributed by atoms with E-state index in [1.54, 1.807) is 16.8 Å². The molecule has 2 aromatic carbocycles. The predicted octanol–water partition coefficient (Wildman–Crippen LogP) is 4.65. The first kappa shape index (κ1) is 43.7. The van der Waals surface area contributed by atoms with Gasteiger partial charge in [0.2, 0.25) is 17.8 Å². The van der Waals surface area contributed by atoms with Crippen LogP contribution in [0, 0.1) is 0 Å². The Balaban J connectivity index is 0.746. The lowest BCUT2D eigenvalue weighted by Crippen LogP contribution is -2.56. The molecule has 6 heterocycles. The van der Waals surface area contributed by atoms with Crippen molar-refractivity contribution in [1.82, 2.24) is 35.0 Å². The van der Waals surface area contributed by atoms with Crippen LogP contribution in [0.25, 0.3) is 10.9 Å². The van der Waals surface area contributed by atoms with Crippen LogP contribution in [-0.2, 0) is 25.7 Å². The van der Waals surface area contributed by atoms with Gasteiger partial charge in [0, 0.05) is 93.6 Å². The van der Waals surface area contributed by atoms with Gasteiger partial charge in [-0.15, -0.1) is 0 Å². The largest absolute Gasteiger partial charge is 0.478 e. The van der Waals surface area contributed by atoms with Gasteiger partial charge in [-0.3, -0.25) is 34.2 Å². The molecule has 4 aromatic rings. The lowest BCUT2D eigenvalue weighted by molar-refractivity contribution is -0.137. The van der Waals surface area contributed by atoms with Gasteiger partial charge in [0.15, 0.2) is 18.2 Å². The maximum atomic E-state index is 13.3.